The van der Waals surface area contributed by atoms with E-state index in [1.165, 1.54) is 12.1 Å². The van der Waals surface area contributed by atoms with E-state index in [4.69, 9.17) is 5.26 Å². The Morgan fingerprint density at radius 1 is 1.31 bits per heavy atom. The standard InChI is InChI=1S/C9H5NO2S/c10-3-7-1-6(4-11)2-9(13)8(7)5-12/h1-2,4-5,13H. The molecule has 0 spiro atoms. The minimum Gasteiger partial charge on any atom is -0.298 e. The van der Waals surface area contributed by atoms with E-state index in [1.54, 1.807) is 0 Å². The molecule has 0 amide bonds. The zero-order chi connectivity index (χ0) is 9.84. The van der Waals surface area contributed by atoms with Crippen molar-refractivity contribution in [2.45, 2.75) is 4.90 Å². The van der Waals surface area contributed by atoms with Crippen LogP contribution >= 0.6 is 12.6 Å². The van der Waals surface area contributed by atoms with Gasteiger partial charge in [-0.1, -0.05) is 0 Å². The first-order chi connectivity index (χ1) is 6.22. The lowest BCUT2D eigenvalue weighted by atomic mass is 10.1. The van der Waals surface area contributed by atoms with E-state index in [-0.39, 0.29) is 11.1 Å². The van der Waals surface area contributed by atoms with E-state index < -0.39 is 0 Å². The Morgan fingerprint density at radius 2 is 2.00 bits per heavy atom. The average Bonchev–Trinajstić information content (AvgIpc) is 2.16. The maximum Gasteiger partial charge on any atom is 0.152 e. The highest BCUT2D eigenvalue weighted by Crippen LogP contribution is 2.17. The molecule has 1 aromatic rings. The average molecular weight is 191 g/mol. The van der Waals surface area contributed by atoms with Crippen LogP contribution in [0.25, 0.3) is 0 Å². The number of aldehydes is 2. The molecular formula is C9H5NO2S. The van der Waals surface area contributed by atoms with Gasteiger partial charge in [0, 0.05) is 16.0 Å². The number of benzene rings is 1. The van der Waals surface area contributed by atoms with Gasteiger partial charge in [0.1, 0.15) is 6.29 Å². The predicted octanol–water partition coefficient (Wildman–Crippen LogP) is 1.47. The van der Waals surface area contributed by atoms with Gasteiger partial charge in [0.2, 0.25) is 0 Å². The second-order valence-corrected chi connectivity index (χ2v) is 2.83. The van der Waals surface area contributed by atoms with E-state index in [2.05, 4.69) is 12.6 Å². The molecule has 0 fully saturated rings. The summed E-state index contributed by atoms with van der Waals surface area (Å²) in [5.74, 6) is 0. The number of thiol groups is 1. The molecule has 1 rings (SSSR count). The summed E-state index contributed by atoms with van der Waals surface area (Å²) in [6, 6.07) is 4.63. The summed E-state index contributed by atoms with van der Waals surface area (Å²) in [5, 5.41) is 8.64. The van der Waals surface area contributed by atoms with Crippen LogP contribution in [0.4, 0.5) is 0 Å². The Bertz CT molecular complexity index is 407. The van der Waals surface area contributed by atoms with Crippen molar-refractivity contribution in [3.05, 3.63) is 28.8 Å². The molecule has 0 atom stereocenters. The molecule has 0 saturated heterocycles. The molecule has 13 heavy (non-hydrogen) atoms. The van der Waals surface area contributed by atoms with E-state index in [0.717, 1.165) is 0 Å². The summed E-state index contributed by atoms with van der Waals surface area (Å²) in [7, 11) is 0. The van der Waals surface area contributed by atoms with Crippen LogP contribution in [0.2, 0.25) is 0 Å². The topological polar surface area (TPSA) is 57.9 Å². The third-order valence-electron chi connectivity index (χ3n) is 1.55. The van der Waals surface area contributed by atoms with Crippen molar-refractivity contribution in [1.82, 2.24) is 0 Å². The molecule has 3 nitrogen and oxygen atoms in total. The van der Waals surface area contributed by atoms with Gasteiger partial charge >= 0.3 is 0 Å². The number of nitriles is 1. The van der Waals surface area contributed by atoms with Crippen molar-refractivity contribution < 1.29 is 9.59 Å². The number of hydrogen-bond donors (Lipinski definition) is 1. The highest BCUT2D eigenvalue weighted by Gasteiger charge is 2.06. The third-order valence-corrected chi connectivity index (χ3v) is 1.92. The maximum absolute atomic E-state index is 10.5. The highest BCUT2D eigenvalue weighted by atomic mass is 32.1. The molecule has 64 valence electrons. The summed E-state index contributed by atoms with van der Waals surface area (Å²) in [5.41, 5.74) is 0.730. The number of hydrogen-bond acceptors (Lipinski definition) is 4. The van der Waals surface area contributed by atoms with Crippen LogP contribution in [0.15, 0.2) is 17.0 Å². The van der Waals surface area contributed by atoms with Gasteiger partial charge in [0.15, 0.2) is 6.29 Å². The second-order valence-electron chi connectivity index (χ2n) is 2.35. The van der Waals surface area contributed by atoms with Gasteiger partial charge < -0.3 is 0 Å². The fourth-order valence-electron chi connectivity index (χ4n) is 0.944. The maximum atomic E-state index is 10.5. The van der Waals surface area contributed by atoms with Gasteiger partial charge in [0.05, 0.1) is 11.6 Å². The van der Waals surface area contributed by atoms with Crippen LogP contribution in [0, 0.1) is 11.3 Å². The van der Waals surface area contributed by atoms with Gasteiger partial charge in [-0.2, -0.15) is 5.26 Å². The Balaban J connectivity index is 3.48. The van der Waals surface area contributed by atoms with Crippen molar-refractivity contribution in [2.24, 2.45) is 0 Å². The smallest absolute Gasteiger partial charge is 0.152 e. The Hall–Kier alpha value is -1.60. The molecule has 0 aliphatic rings. The molecule has 1 aromatic carbocycles. The van der Waals surface area contributed by atoms with Crippen molar-refractivity contribution in [2.75, 3.05) is 0 Å². The predicted molar refractivity (Wildman–Crippen MR) is 49.2 cm³/mol. The Morgan fingerprint density at radius 3 is 2.46 bits per heavy atom. The minimum atomic E-state index is 0.171. The molecule has 0 heterocycles. The van der Waals surface area contributed by atoms with Crippen LogP contribution in [-0.4, -0.2) is 12.6 Å². The lowest BCUT2D eigenvalue weighted by Gasteiger charge is -2.00. The first-order valence-electron chi connectivity index (χ1n) is 3.40. The normalized spacial score (nSPS) is 8.92. The molecule has 0 saturated carbocycles. The van der Waals surface area contributed by atoms with Crippen molar-refractivity contribution in [1.29, 1.82) is 5.26 Å². The fraction of sp³-hybridized carbons (Fsp3) is 0. The quantitative estimate of drug-likeness (QED) is 0.569. The van der Waals surface area contributed by atoms with Gasteiger partial charge in [-0.05, 0) is 12.1 Å². The fourth-order valence-corrected chi connectivity index (χ4v) is 1.27. The number of carbonyl (C=O) groups excluding carboxylic acids is 2. The monoisotopic (exact) mass is 191 g/mol. The molecule has 0 bridgehead atoms. The summed E-state index contributed by atoms with van der Waals surface area (Å²) in [6.45, 7) is 0. The van der Waals surface area contributed by atoms with Crippen LogP contribution < -0.4 is 0 Å². The lowest BCUT2D eigenvalue weighted by Crippen LogP contribution is -1.92. The van der Waals surface area contributed by atoms with Crippen LogP contribution in [0.1, 0.15) is 26.3 Å². The third kappa shape index (κ3) is 1.76. The SMILES string of the molecule is N#Cc1cc(C=O)cc(S)c1C=O. The Kier molecular flexibility index (Phi) is 2.83. The largest absolute Gasteiger partial charge is 0.298 e. The summed E-state index contributed by atoms with van der Waals surface area (Å²) < 4.78 is 0. The molecule has 0 aliphatic carbocycles. The van der Waals surface area contributed by atoms with Gasteiger partial charge in [-0.15, -0.1) is 12.6 Å². The van der Waals surface area contributed by atoms with Crippen molar-refractivity contribution >= 4 is 25.2 Å². The number of rotatable bonds is 2. The first-order valence-corrected chi connectivity index (χ1v) is 3.85. The second kappa shape index (κ2) is 3.87. The molecule has 0 aromatic heterocycles. The summed E-state index contributed by atoms with van der Waals surface area (Å²) in [6.07, 6.45) is 1.16. The van der Waals surface area contributed by atoms with Crippen LogP contribution in [0.5, 0.6) is 0 Å². The molecule has 0 aliphatic heterocycles. The van der Waals surface area contributed by atoms with E-state index >= 15 is 0 Å². The molecule has 0 N–H and O–H groups in total. The highest BCUT2D eigenvalue weighted by molar-refractivity contribution is 7.80. The van der Waals surface area contributed by atoms with Crippen molar-refractivity contribution in [3.8, 4) is 6.07 Å². The summed E-state index contributed by atoms with van der Waals surface area (Å²) >= 11 is 3.98. The Labute approximate surface area is 80.4 Å². The van der Waals surface area contributed by atoms with E-state index in [0.29, 0.717) is 23.0 Å². The zero-order valence-electron chi connectivity index (χ0n) is 6.52. The summed E-state index contributed by atoms with van der Waals surface area (Å²) in [4.78, 5) is 21.3. The first kappa shape index (κ1) is 9.49. The molecule has 4 heteroatoms. The molecule has 0 unspecified atom stereocenters. The minimum absolute atomic E-state index is 0.171. The van der Waals surface area contributed by atoms with Crippen LogP contribution in [-0.2, 0) is 0 Å². The number of carbonyl (C=O) groups is 2. The van der Waals surface area contributed by atoms with Gasteiger partial charge in [-0.3, -0.25) is 9.59 Å². The zero-order valence-corrected chi connectivity index (χ0v) is 7.41. The van der Waals surface area contributed by atoms with Crippen LogP contribution in [0.3, 0.4) is 0 Å². The van der Waals surface area contributed by atoms with E-state index in [1.807, 2.05) is 6.07 Å². The van der Waals surface area contributed by atoms with Crippen molar-refractivity contribution in [3.63, 3.8) is 0 Å². The molecular weight excluding hydrogens is 186 g/mol. The number of nitrogens with zero attached hydrogens (tertiary/aromatic N) is 1. The molecule has 0 radical (unpaired) electrons. The van der Waals surface area contributed by atoms with E-state index in [9.17, 15) is 9.59 Å². The lowest BCUT2D eigenvalue weighted by molar-refractivity contribution is 0.111. The van der Waals surface area contributed by atoms with Gasteiger partial charge in [0.25, 0.3) is 0 Å². The van der Waals surface area contributed by atoms with Gasteiger partial charge in [-0.25, -0.2) is 0 Å².